The van der Waals surface area contributed by atoms with Gasteiger partial charge in [-0.2, -0.15) is 8.42 Å². The van der Waals surface area contributed by atoms with Gasteiger partial charge < -0.3 is 5.48 Å². The van der Waals surface area contributed by atoms with E-state index in [9.17, 15) is 13.2 Å². The summed E-state index contributed by atoms with van der Waals surface area (Å²) in [7, 11) is -4.40. The maximum Gasteiger partial charge on any atom is 1.00 e. The molecule has 6 atom stereocenters. The van der Waals surface area contributed by atoms with Crippen molar-refractivity contribution in [2.24, 2.45) is 28.6 Å². The van der Waals surface area contributed by atoms with Crippen molar-refractivity contribution >= 4 is 16.2 Å². The molecule has 0 radical (unpaired) electrons. The monoisotopic (exact) mass is 409 g/mol. The Bertz CT molecular complexity index is 734. The van der Waals surface area contributed by atoms with Crippen molar-refractivity contribution in [2.75, 3.05) is 0 Å². The summed E-state index contributed by atoms with van der Waals surface area (Å²) in [5.41, 5.74) is 1.25. The molecule has 4 aliphatic rings. The fourth-order valence-electron chi connectivity index (χ4n) is 6.65. The molecule has 4 rings (SSSR count). The maximum absolute atomic E-state index is 12.4. The normalized spacial score (nSPS) is 43.4. The van der Waals surface area contributed by atoms with Gasteiger partial charge in [-0.3, -0.25) is 9.35 Å². The quantitative estimate of drug-likeness (QED) is 0.388. The molecule has 8 heteroatoms. The molecular formula is C19H30NaO6S+. The molecule has 0 spiro atoms. The first kappa shape index (κ1) is 23.5. The van der Waals surface area contributed by atoms with Gasteiger partial charge in [-0.25, -0.2) is 4.18 Å². The van der Waals surface area contributed by atoms with Gasteiger partial charge in [0.15, 0.2) is 0 Å². The number of carbonyl (C=O) groups is 1. The van der Waals surface area contributed by atoms with Crippen LogP contribution < -0.4 is 29.6 Å². The fraction of sp³-hybridized carbons (Fsp3) is 0.842. The van der Waals surface area contributed by atoms with Crippen LogP contribution in [0.15, 0.2) is 11.6 Å². The summed E-state index contributed by atoms with van der Waals surface area (Å²) in [5, 5.41) is 0. The molecule has 0 unspecified atom stereocenters. The molecule has 148 valence electrons. The van der Waals surface area contributed by atoms with E-state index in [4.69, 9.17) is 8.74 Å². The van der Waals surface area contributed by atoms with Gasteiger partial charge in [-0.05, 0) is 68.1 Å². The summed E-state index contributed by atoms with van der Waals surface area (Å²) in [4.78, 5) is 12.4. The van der Waals surface area contributed by atoms with Crippen LogP contribution in [0.5, 0.6) is 0 Å². The molecule has 0 aromatic rings. The predicted octanol–water partition coefficient (Wildman–Crippen LogP) is -0.114. The van der Waals surface area contributed by atoms with E-state index < -0.39 is 16.5 Å². The first-order valence-corrected chi connectivity index (χ1v) is 10.9. The molecule has 0 saturated heterocycles. The molecule has 0 bridgehead atoms. The Labute approximate surface area is 184 Å². The van der Waals surface area contributed by atoms with E-state index in [1.54, 1.807) is 0 Å². The third-order valence-corrected chi connectivity index (χ3v) is 8.54. The molecule has 0 aromatic carbocycles. The van der Waals surface area contributed by atoms with Crippen molar-refractivity contribution in [1.82, 2.24) is 0 Å². The maximum atomic E-state index is 12.4. The van der Waals surface area contributed by atoms with E-state index >= 15 is 0 Å². The second-order valence-electron chi connectivity index (χ2n) is 9.07. The molecule has 3 N–H and O–H groups in total. The number of allylic oxidation sites excluding steroid dienone is 1. The summed E-state index contributed by atoms with van der Waals surface area (Å²) in [6, 6.07) is 0. The van der Waals surface area contributed by atoms with Gasteiger partial charge in [0.1, 0.15) is 5.78 Å². The van der Waals surface area contributed by atoms with Crippen LogP contribution in [0.1, 0.15) is 65.2 Å². The average Bonchev–Trinajstić information content (AvgIpc) is 2.82. The minimum Gasteiger partial charge on any atom is -0.412 e. The van der Waals surface area contributed by atoms with Crippen LogP contribution >= 0.6 is 0 Å². The average molecular weight is 410 g/mol. The zero-order valence-corrected chi connectivity index (χ0v) is 19.3. The van der Waals surface area contributed by atoms with Gasteiger partial charge in [0, 0.05) is 11.8 Å². The van der Waals surface area contributed by atoms with Gasteiger partial charge in [-0.15, -0.1) is 0 Å². The molecule has 0 aromatic heterocycles. The summed E-state index contributed by atoms with van der Waals surface area (Å²) in [6.45, 7) is 4.50. The zero-order chi connectivity index (χ0) is 18.0. The van der Waals surface area contributed by atoms with Crippen LogP contribution in [0.2, 0.25) is 0 Å². The van der Waals surface area contributed by atoms with Gasteiger partial charge >= 0.3 is 40.0 Å². The Morgan fingerprint density at radius 3 is 2.41 bits per heavy atom. The fourth-order valence-corrected chi connectivity index (χ4v) is 7.16. The first-order valence-electron chi connectivity index (χ1n) is 9.52. The van der Waals surface area contributed by atoms with E-state index in [1.165, 1.54) is 5.57 Å². The number of hydrogen-bond donors (Lipinski definition) is 1. The van der Waals surface area contributed by atoms with Crippen molar-refractivity contribution in [3.63, 3.8) is 0 Å². The first-order chi connectivity index (χ1) is 11.6. The predicted molar refractivity (Wildman–Crippen MR) is 96.7 cm³/mol. The topological polar surface area (TPSA) is 112 Å². The second kappa shape index (κ2) is 7.82. The van der Waals surface area contributed by atoms with Crippen LogP contribution in [0.25, 0.3) is 0 Å². The number of ketones is 1. The molecule has 6 nitrogen and oxygen atoms in total. The number of fused-ring (bicyclic) bond motifs is 5. The minimum atomic E-state index is -4.40. The molecule has 27 heavy (non-hydrogen) atoms. The molecular weight excluding hydrogens is 379 g/mol. The van der Waals surface area contributed by atoms with Crippen LogP contribution in [-0.2, 0) is 19.4 Å². The van der Waals surface area contributed by atoms with Crippen molar-refractivity contribution in [1.29, 1.82) is 0 Å². The van der Waals surface area contributed by atoms with Gasteiger partial charge in [0.05, 0.1) is 6.10 Å². The second-order valence-corrected chi connectivity index (χ2v) is 10.1. The molecule has 0 amide bonds. The summed E-state index contributed by atoms with van der Waals surface area (Å²) >= 11 is 0. The Kier molecular flexibility index (Phi) is 6.81. The largest absolute Gasteiger partial charge is 1.00 e. The Morgan fingerprint density at radius 2 is 1.74 bits per heavy atom. The molecule has 3 saturated carbocycles. The summed E-state index contributed by atoms with van der Waals surface area (Å²) in [6.07, 6.45) is 8.79. The third-order valence-electron chi connectivity index (χ3n) is 8.03. The van der Waals surface area contributed by atoms with Crippen LogP contribution in [0, 0.1) is 28.6 Å². The van der Waals surface area contributed by atoms with Crippen molar-refractivity contribution in [2.45, 2.75) is 71.3 Å². The van der Waals surface area contributed by atoms with Crippen LogP contribution in [0.4, 0.5) is 0 Å². The van der Waals surface area contributed by atoms with Gasteiger partial charge in [0.25, 0.3) is 0 Å². The number of Topliss-reactive ketones (excluding diaryl/α,β-unsaturated/α-hetero) is 1. The minimum absolute atomic E-state index is 0. The number of rotatable bonds is 2. The number of carbonyl (C=O) groups excluding carboxylic acids is 1. The Balaban J connectivity index is 0.00000131. The van der Waals surface area contributed by atoms with E-state index in [0.29, 0.717) is 36.4 Å². The third kappa shape index (κ3) is 3.86. The molecule has 4 aliphatic carbocycles. The number of hydrogen-bond acceptors (Lipinski definition) is 4. The summed E-state index contributed by atoms with van der Waals surface area (Å²) < 4.78 is 35.9. The van der Waals surface area contributed by atoms with Crippen molar-refractivity contribution in [3.8, 4) is 0 Å². The van der Waals surface area contributed by atoms with Gasteiger partial charge in [0.2, 0.25) is 0 Å². The van der Waals surface area contributed by atoms with Crippen molar-refractivity contribution < 1.29 is 57.0 Å². The smallest absolute Gasteiger partial charge is 0.412 e. The van der Waals surface area contributed by atoms with E-state index in [-0.39, 0.29) is 45.9 Å². The van der Waals surface area contributed by atoms with Gasteiger partial charge in [-0.1, -0.05) is 25.5 Å². The van der Waals surface area contributed by atoms with Crippen molar-refractivity contribution in [3.05, 3.63) is 11.6 Å². The van der Waals surface area contributed by atoms with E-state index in [1.807, 2.05) is 0 Å². The van der Waals surface area contributed by atoms with E-state index in [2.05, 4.69) is 19.9 Å². The SMILES string of the molecule is C[C@]12CC[C@H](OS(=O)(=O)O)CC1=CC[C@@H]1[C@@H]2CC[C@]2(C)C(=O)CC[C@@H]12.O.[Na+]. The van der Waals surface area contributed by atoms with Crippen LogP contribution in [0.3, 0.4) is 0 Å². The van der Waals surface area contributed by atoms with E-state index in [0.717, 1.165) is 38.5 Å². The Morgan fingerprint density at radius 1 is 1.11 bits per heavy atom. The Hall–Kier alpha value is 0.240. The molecule has 3 fully saturated rings. The van der Waals surface area contributed by atoms with Crippen LogP contribution in [-0.4, -0.2) is 30.3 Å². The zero-order valence-electron chi connectivity index (χ0n) is 16.5. The molecule has 0 heterocycles. The standard InChI is InChI=1S/C19H28O5S.Na.H2O/c1-18-9-7-13(24-25(21,22)23)11-12(18)3-4-14-15-5-6-17(20)19(15,2)10-8-16(14)18;;/h3,13-16H,4-11H2,1-2H3,(H,21,22,23);;1H2/q;+1;/t13-,14-,15-,16-,18-,19-;;/m0../s1. The molecule has 0 aliphatic heterocycles. The summed E-state index contributed by atoms with van der Waals surface area (Å²) in [5.74, 6) is 2.10.